The number of ether oxygens (including phenoxy) is 1. The predicted octanol–water partition coefficient (Wildman–Crippen LogP) is 2.09. The molecule has 0 atom stereocenters. The number of methoxy groups -OCH3 is 1. The van der Waals surface area contributed by atoms with Crippen LogP contribution in [-0.4, -0.2) is 18.2 Å². The Morgan fingerprint density at radius 1 is 1.45 bits per heavy atom. The molecule has 0 heterocycles. The SMILES string of the molecule is COCSc1ccccc1O. The molecule has 0 aliphatic carbocycles. The molecule has 0 saturated carbocycles. The Hall–Kier alpha value is -0.670. The zero-order valence-electron chi connectivity index (χ0n) is 6.28. The molecule has 1 aromatic rings. The Balaban J connectivity index is 2.62. The summed E-state index contributed by atoms with van der Waals surface area (Å²) in [5.41, 5.74) is 0. The number of phenolic OH excluding ortho intramolecular Hbond substituents is 1. The lowest BCUT2D eigenvalue weighted by Crippen LogP contribution is -1.80. The Bertz CT molecular complexity index is 225. The minimum Gasteiger partial charge on any atom is -0.507 e. The van der Waals surface area contributed by atoms with E-state index in [9.17, 15) is 5.11 Å². The molecule has 1 aromatic carbocycles. The van der Waals surface area contributed by atoms with Crippen LogP contribution in [0.2, 0.25) is 0 Å². The number of rotatable bonds is 3. The van der Waals surface area contributed by atoms with Gasteiger partial charge < -0.3 is 9.84 Å². The summed E-state index contributed by atoms with van der Waals surface area (Å²) in [4.78, 5) is 0.856. The molecular weight excluding hydrogens is 160 g/mol. The summed E-state index contributed by atoms with van der Waals surface area (Å²) in [5, 5.41) is 9.26. The van der Waals surface area contributed by atoms with E-state index in [1.165, 1.54) is 11.8 Å². The standard InChI is InChI=1S/C8H10O2S/c1-10-6-11-8-5-3-2-4-7(8)9/h2-5,9H,6H2,1H3. The maximum Gasteiger partial charge on any atom is 0.129 e. The van der Waals surface area contributed by atoms with E-state index < -0.39 is 0 Å². The van der Waals surface area contributed by atoms with E-state index in [0.717, 1.165) is 4.90 Å². The molecule has 1 N–H and O–H groups in total. The van der Waals surface area contributed by atoms with Gasteiger partial charge in [0.15, 0.2) is 0 Å². The van der Waals surface area contributed by atoms with Crippen molar-refractivity contribution in [2.24, 2.45) is 0 Å². The van der Waals surface area contributed by atoms with Gasteiger partial charge in [-0.2, -0.15) is 0 Å². The van der Waals surface area contributed by atoms with Crippen molar-refractivity contribution in [3.05, 3.63) is 24.3 Å². The minimum atomic E-state index is 0.314. The third kappa shape index (κ3) is 2.44. The quantitative estimate of drug-likeness (QED) is 0.556. The van der Waals surface area contributed by atoms with Gasteiger partial charge in [0.2, 0.25) is 0 Å². The van der Waals surface area contributed by atoms with Crippen molar-refractivity contribution in [3.63, 3.8) is 0 Å². The van der Waals surface area contributed by atoms with Crippen LogP contribution in [0.25, 0.3) is 0 Å². The van der Waals surface area contributed by atoms with Gasteiger partial charge in [0.05, 0.1) is 10.8 Å². The fraction of sp³-hybridized carbons (Fsp3) is 0.250. The third-order valence-electron chi connectivity index (χ3n) is 1.20. The largest absolute Gasteiger partial charge is 0.507 e. The highest BCUT2D eigenvalue weighted by Crippen LogP contribution is 2.27. The van der Waals surface area contributed by atoms with Gasteiger partial charge in [-0.25, -0.2) is 0 Å². The van der Waals surface area contributed by atoms with Crippen LogP contribution in [0, 0.1) is 0 Å². The number of hydrogen-bond donors (Lipinski definition) is 1. The summed E-state index contributed by atoms with van der Waals surface area (Å²) < 4.78 is 4.85. The lowest BCUT2D eigenvalue weighted by atomic mass is 10.3. The van der Waals surface area contributed by atoms with Gasteiger partial charge in [-0.05, 0) is 12.1 Å². The van der Waals surface area contributed by atoms with E-state index in [1.54, 1.807) is 19.2 Å². The maximum atomic E-state index is 9.26. The first-order valence-electron chi connectivity index (χ1n) is 3.24. The molecule has 0 fully saturated rings. The lowest BCUT2D eigenvalue weighted by Gasteiger charge is -2.01. The second kappa shape index (κ2) is 4.26. The van der Waals surface area contributed by atoms with Crippen LogP contribution in [0.15, 0.2) is 29.2 Å². The zero-order chi connectivity index (χ0) is 8.10. The van der Waals surface area contributed by atoms with Crippen LogP contribution in [0.3, 0.4) is 0 Å². The highest BCUT2D eigenvalue weighted by molar-refractivity contribution is 7.99. The summed E-state index contributed by atoms with van der Waals surface area (Å²) in [6, 6.07) is 7.21. The Morgan fingerprint density at radius 3 is 2.82 bits per heavy atom. The molecule has 0 bridgehead atoms. The number of thioether (sulfide) groups is 1. The molecule has 0 radical (unpaired) electrons. The van der Waals surface area contributed by atoms with Gasteiger partial charge in [0.1, 0.15) is 5.75 Å². The highest BCUT2D eigenvalue weighted by atomic mass is 32.2. The molecule has 0 aliphatic rings. The summed E-state index contributed by atoms with van der Waals surface area (Å²) in [5.74, 6) is 0.881. The fourth-order valence-corrected chi connectivity index (χ4v) is 1.34. The Morgan fingerprint density at radius 2 is 2.18 bits per heavy atom. The molecule has 1 rings (SSSR count). The lowest BCUT2D eigenvalue weighted by molar-refractivity contribution is 0.258. The van der Waals surface area contributed by atoms with Crippen LogP contribution in [0.4, 0.5) is 0 Å². The molecule has 0 unspecified atom stereocenters. The van der Waals surface area contributed by atoms with Crippen LogP contribution in [0.5, 0.6) is 5.75 Å². The van der Waals surface area contributed by atoms with E-state index in [0.29, 0.717) is 11.7 Å². The van der Waals surface area contributed by atoms with Crippen molar-refractivity contribution in [3.8, 4) is 5.75 Å². The van der Waals surface area contributed by atoms with E-state index >= 15 is 0 Å². The van der Waals surface area contributed by atoms with Gasteiger partial charge in [0, 0.05) is 7.11 Å². The molecule has 0 saturated heterocycles. The maximum absolute atomic E-state index is 9.26. The summed E-state index contributed by atoms with van der Waals surface area (Å²) in [6.45, 7) is 0. The van der Waals surface area contributed by atoms with Crippen molar-refractivity contribution in [2.45, 2.75) is 4.90 Å². The van der Waals surface area contributed by atoms with Crippen LogP contribution >= 0.6 is 11.8 Å². The second-order valence-corrected chi connectivity index (χ2v) is 2.98. The first-order valence-corrected chi connectivity index (χ1v) is 4.23. The van der Waals surface area contributed by atoms with Crippen molar-refractivity contribution in [1.82, 2.24) is 0 Å². The van der Waals surface area contributed by atoms with Crippen LogP contribution in [0.1, 0.15) is 0 Å². The monoisotopic (exact) mass is 170 g/mol. The molecule has 0 aliphatic heterocycles. The molecule has 0 aromatic heterocycles. The molecule has 0 spiro atoms. The van der Waals surface area contributed by atoms with Crippen LogP contribution in [-0.2, 0) is 4.74 Å². The molecular formula is C8H10O2S. The average Bonchev–Trinajstić information content (AvgIpc) is 2.03. The number of para-hydroxylation sites is 1. The summed E-state index contributed by atoms with van der Waals surface area (Å²) in [6.07, 6.45) is 0. The van der Waals surface area contributed by atoms with E-state index in [1.807, 2.05) is 12.1 Å². The molecule has 0 amide bonds. The molecule has 2 nitrogen and oxygen atoms in total. The first-order chi connectivity index (χ1) is 5.34. The minimum absolute atomic E-state index is 0.314. The topological polar surface area (TPSA) is 29.5 Å². The smallest absolute Gasteiger partial charge is 0.129 e. The summed E-state index contributed by atoms with van der Waals surface area (Å²) in [7, 11) is 1.63. The molecule has 3 heteroatoms. The number of hydrogen-bond acceptors (Lipinski definition) is 3. The van der Waals surface area contributed by atoms with E-state index in [4.69, 9.17) is 4.74 Å². The van der Waals surface area contributed by atoms with Gasteiger partial charge in [-0.1, -0.05) is 23.9 Å². The van der Waals surface area contributed by atoms with Crippen molar-refractivity contribution >= 4 is 11.8 Å². The third-order valence-corrected chi connectivity index (χ3v) is 2.21. The number of aromatic hydroxyl groups is 1. The Labute approximate surface area is 70.2 Å². The van der Waals surface area contributed by atoms with E-state index in [2.05, 4.69) is 0 Å². The molecule has 60 valence electrons. The van der Waals surface area contributed by atoms with E-state index in [-0.39, 0.29) is 0 Å². The Kier molecular flexibility index (Phi) is 3.26. The van der Waals surface area contributed by atoms with Crippen molar-refractivity contribution in [2.75, 3.05) is 13.0 Å². The number of phenols is 1. The molecule has 11 heavy (non-hydrogen) atoms. The predicted molar refractivity (Wildman–Crippen MR) is 45.8 cm³/mol. The van der Waals surface area contributed by atoms with Gasteiger partial charge in [0.25, 0.3) is 0 Å². The van der Waals surface area contributed by atoms with Crippen molar-refractivity contribution in [1.29, 1.82) is 0 Å². The fourth-order valence-electron chi connectivity index (χ4n) is 0.702. The summed E-state index contributed by atoms with van der Waals surface area (Å²) >= 11 is 1.47. The first kappa shape index (κ1) is 8.43. The second-order valence-electron chi connectivity index (χ2n) is 2.02. The van der Waals surface area contributed by atoms with Crippen LogP contribution < -0.4 is 0 Å². The number of benzene rings is 1. The van der Waals surface area contributed by atoms with Gasteiger partial charge in [-0.3, -0.25) is 0 Å². The normalized spacial score (nSPS) is 9.91. The van der Waals surface area contributed by atoms with Gasteiger partial charge in [-0.15, -0.1) is 0 Å². The zero-order valence-corrected chi connectivity index (χ0v) is 7.10. The average molecular weight is 170 g/mol. The van der Waals surface area contributed by atoms with Gasteiger partial charge >= 0.3 is 0 Å². The highest BCUT2D eigenvalue weighted by Gasteiger charge is 1.97. The van der Waals surface area contributed by atoms with Crippen molar-refractivity contribution < 1.29 is 9.84 Å².